The molecule has 76 valence electrons. The second-order valence-corrected chi connectivity index (χ2v) is 3.24. The van der Waals surface area contributed by atoms with Crippen LogP contribution in [-0.2, 0) is 0 Å². The van der Waals surface area contributed by atoms with E-state index in [1.54, 1.807) is 12.2 Å². The average Bonchev–Trinajstić information content (AvgIpc) is 2.63. The Morgan fingerprint density at radius 2 is 2.00 bits per heavy atom. The van der Waals surface area contributed by atoms with Crippen molar-refractivity contribution >= 4 is 29.8 Å². The van der Waals surface area contributed by atoms with Gasteiger partial charge < -0.3 is 10.2 Å². The Morgan fingerprint density at radius 3 is 2.67 bits per heavy atom. The zero-order chi connectivity index (χ0) is 10.7. The fourth-order valence-corrected chi connectivity index (χ4v) is 1.28. The van der Waals surface area contributed by atoms with Crippen LogP contribution >= 0.6 is 11.6 Å². The van der Waals surface area contributed by atoms with E-state index in [0.717, 1.165) is 5.56 Å². The summed E-state index contributed by atoms with van der Waals surface area (Å²) in [5.74, 6) is 0.354. The molecule has 2 aromatic rings. The molecule has 0 fully saturated rings. The maximum absolute atomic E-state index is 5.95. The normalized spacial score (nSPS) is 11.0. The number of anilines is 1. The van der Waals surface area contributed by atoms with Crippen LogP contribution in [0, 0.1) is 0 Å². The van der Waals surface area contributed by atoms with Crippen molar-refractivity contribution in [2.75, 3.05) is 5.73 Å². The number of rotatable bonds is 2. The Kier molecular flexibility index (Phi) is 2.69. The SMILES string of the molecule is Nc1nnc(C=Cc2ccccc2Cl)o1. The monoisotopic (exact) mass is 221 g/mol. The maximum Gasteiger partial charge on any atom is 0.313 e. The van der Waals surface area contributed by atoms with E-state index < -0.39 is 0 Å². The summed E-state index contributed by atoms with van der Waals surface area (Å²) in [7, 11) is 0. The highest BCUT2D eigenvalue weighted by atomic mass is 35.5. The topological polar surface area (TPSA) is 64.9 Å². The molecule has 0 amide bonds. The van der Waals surface area contributed by atoms with Gasteiger partial charge in [0.2, 0.25) is 5.89 Å². The minimum Gasteiger partial charge on any atom is -0.404 e. The Balaban J connectivity index is 2.22. The third kappa shape index (κ3) is 2.35. The van der Waals surface area contributed by atoms with E-state index in [0.29, 0.717) is 10.9 Å². The lowest BCUT2D eigenvalue weighted by atomic mass is 10.2. The number of benzene rings is 1. The number of aromatic nitrogens is 2. The number of hydrogen-bond donors (Lipinski definition) is 1. The molecule has 5 heteroatoms. The standard InChI is InChI=1S/C10H8ClN3O/c11-8-4-2-1-3-7(8)5-6-9-13-14-10(12)15-9/h1-6H,(H2,12,14). The molecule has 0 atom stereocenters. The van der Waals surface area contributed by atoms with Crippen molar-refractivity contribution in [2.24, 2.45) is 0 Å². The van der Waals surface area contributed by atoms with Gasteiger partial charge in [-0.15, -0.1) is 5.10 Å². The fourth-order valence-electron chi connectivity index (χ4n) is 1.09. The fraction of sp³-hybridized carbons (Fsp3) is 0. The van der Waals surface area contributed by atoms with Gasteiger partial charge in [-0.1, -0.05) is 34.9 Å². The average molecular weight is 222 g/mol. The number of nitrogens with two attached hydrogens (primary N) is 1. The minimum absolute atomic E-state index is 0.0498. The van der Waals surface area contributed by atoms with Crippen LogP contribution in [0.5, 0.6) is 0 Å². The van der Waals surface area contributed by atoms with E-state index in [2.05, 4.69) is 10.2 Å². The zero-order valence-electron chi connectivity index (χ0n) is 7.72. The summed E-state index contributed by atoms with van der Waals surface area (Å²) < 4.78 is 4.97. The van der Waals surface area contributed by atoms with Crippen molar-refractivity contribution in [3.05, 3.63) is 40.7 Å². The largest absolute Gasteiger partial charge is 0.404 e. The molecule has 0 radical (unpaired) electrons. The Morgan fingerprint density at radius 1 is 1.20 bits per heavy atom. The van der Waals surface area contributed by atoms with Crippen LogP contribution in [0.25, 0.3) is 12.2 Å². The molecule has 2 N–H and O–H groups in total. The predicted octanol–water partition coefficient (Wildman–Crippen LogP) is 2.48. The third-order valence-corrected chi connectivity index (χ3v) is 2.11. The molecule has 2 rings (SSSR count). The van der Waals surface area contributed by atoms with E-state index in [4.69, 9.17) is 21.8 Å². The van der Waals surface area contributed by atoms with Crippen LogP contribution in [0.2, 0.25) is 5.02 Å². The molecule has 0 aliphatic heterocycles. The van der Waals surface area contributed by atoms with E-state index in [1.807, 2.05) is 24.3 Å². The Labute approximate surface area is 91.4 Å². The van der Waals surface area contributed by atoms with Crippen LogP contribution in [0.15, 0.2) is 28.7 Å². The minimum atomic E-state index is 0.0498. The zero-order valence-corrected chi connectivity index (χ0v) is 8.48. The van der Waals surface area contributed by atoms with Crippen LogP contribution in [0.1, 0.15) is 11.5 Å². The summed E-state index contributed by atoms with van der Waals surface area (Å²) in [6.45, 7) is 0. The first-order valence-corrected chi connectivity index (χ1v) is 4.65. The molecule has 0 saturated heterocycles. The van der Waals surface area contributed by atoms with E-state index in [9.17, 15) is 0 Å². The molecule has 1 heterocycles. The first-order valence-electron chi connectivity index (χ1n) is 4.27. The lowest BCUT2D eigenvalue weighted by Crippen LogP contribution is -1.81. The van der Waals surface area contributed by atoms with Gasteiger partial charge in [0.25, 0.3) is 0 Å². The molecular formula is C10H8ClN3O. The van der Waals surface area contributed by atoms with Crippen LogP contribution in [-0.4, -0.2) is 10.2 Å². The smallest absolute Gasteiger partial charge is 0.313 e. The Bertz CT molecular complexity index is 493. The number of nitrogen functional groups attached to an aromatic ring is 1. The van der Waals surface area contributed by atoms with Crippen LogP contribution in [0.3, 0.4) is 0 Å². The van der Waals surface area contributed by atoms with Gasteiger partial charge >= 0.3 is 6.01 Å². The van der Waals surface area contributed by atoms with Crippen molar-refractivity contribution < 1.29 is 4.42 Å². The lowest BCUT2D eigenvalue weighted by Gasteiger charge is -1.94. The maximum atomic E-state index is 5.95. The van der Waals surface area contributed by atoms with Gasteiger partial charge in [-0.25, -0.2) is 0 Å². The summed E-state index contributed by atoms with van der Waals surface area (Å²) in [5.41, 5.74) is 6.16. The van der Waals surface area contributed by atoms with Crippen molar-refractivity contribution in [3.63, 3.8) is 0 Å². The van der Waals surface area contributed by atoms with Gasteiger partial charge in [0.05, 0.1) is 0 Å². The highest BCUT2D eigenvalue weighted by Crippen LogP contribution is 2.17. The molecule has 1 aromatic carbocycles. The van der Waals surface area contributed by atoms with Gasteiger partial charge in [-0.2, -0.15) is 0 Å². The number of halogens is 1. The first-order chi connectivity index (χ1) is 7.25. The third-order valence-electron chi connectivity index (χ3n) is 1.77. The van der Waals surface area contributed by atoms with Crippen LogP contribution < -0.4 is 5.73 Å². The molecule has 0 bridgehead atoms. The van der Waals surface area contributed by atoms with Gasteiger partial charge in [-0.05, 0) is 17.7 Å². The summed E-state index contributed by atoms with van der Waals surface area (Å²) in [6, 6.07) is 7.51. The van der Waals surface area contributed by atoms with Crippen LogP contribution in [0.4, 0.5) is 6.01 Å². The quantitative estimate of drug-likeness (QED) is 0.846. The number of hydrogen-bond acceptors (Lipinski definition) is 4. The summed E-state index contributed by atoms with van der Waals surface area (Å²) in [6.07, 6.45) is 3.44. The summed E-state index contributed by atoms with van der Waals surface area (Å²) in [5, 5.41) is 7.88. The highest BCUT2D eigenvalue weighted by Gasteiger charge is 1.98. The van der Waals surface area contributed by atoms with Gasteiger partial charge in [0.1, 0.15) is 0 Å². The van der Waals surface area contributed by atoms with Gasteiger partial charge in [-0.3, -0.25) is 0 Å². The summed E-state index contributed by atoms with van der Waals surface area (Å²) >= 11 is 5.95. The van der Waals surface area contributed by atoms with Crippen molar-refractivity contribution in [2.45, 2.75) is 0 Å². The second kappa shape index (κ2) is 4.14. The van der Waals surface area contributed by atoms with E-state index in [1.165, 1.54) is 0 Å². The molecular weight excluding hydrogens is 214 g/mol. The van der Waals surface area contributed by atoms with E-state index >= 15 is 0 Å². The van der Waals surface area contributed by atoms with E-state index in [-0.39, 0.29) is 6.01 Å². The molecule has 15 heavy (non-hydrogen) atoms. The molecule has 0 aliphatic carbocycles. The van der Waals surface area contributed by atoms with Crippen molar-refractivity contribution in [3.8, 4) is 0 Å². The lowest BCUT2D eigenvalue weighted by molar-refractivity contribution is 0.563. The van der Waals surface area contributed by atoms with Gasteiger partial charge in [0.15, 0.2) is 0 Å². The number of nitrogens with zero attached hydrogens (tertiary/aromatic N) is 2. The molecule has 0 aliphatic rings. The molecule has 0 saturated carbocycles. The van der Waals surface area contributed by atoms with Gasteiger partial charge in [0, 0.05) is 11.1 Å². The van der Waals surface area contributed by atoms with Crippen molar-refractivity contribution in [1.82, 2.24) is 10.2 Å². The summed E-state index contributed by atoms with van der Waals surface area (Å²) in [4.78, 5) is 0. The molecule has 0 spiro atoms. The second-order valence-electron chi connectivity index (χ2n) is 2.83. The molecule has 4 nitrogen and oxygen atoms in total. The first kappa shape index (κ1) is 9.73. The molecule has 1 aromatic heterocycles. The Hall–Kier alpha value is -1.81. The highest BCUT2D eigenvalue weighted by molar-refractivity contribution is 6.32. The predicted molar refractivity (Wildman–Crippen MR) is 59.1 cm³/mol. The molecule has 0 unspecified atom stereocenters. The van der Waals surface area contributed by atoms with Crippen molar-refractivity contribution in [1.29, 1.82) is 0 Å².